The average Bonchev–Trinajstić information content (AvgIpc) is 2.47. The Morgan fingerprint density at radius 2 is 1.43 bits per heavy atom. The Morgan fingerprint density at radius 1 is 0.826 bits per heavy atom. The number of hydrogen-bond donors (Lipinski definition) is 2. The quantitative estimate of drug-likeness (QED) is 0.859. The van der Waals surface area contributed by atoms with Crippen molar-refractivity contribution in [2.75, 3.05) is 11.8 Å². The van der Waals surface area contributed by atoms with Crippen LogP contribution in [0.2, 0.25) is 0 Å². The third-order valence-electron chi connectivity index (χ3n) is 3.31. The lowest BCUT2D eigenvalue weighted by molar-refractivity contribution is 0.588. The van der Waals surface area contributed by atoms with Crippen molar-refractivity contribution in [3.8, 4) is 0 Å². The molecule has 0 aromatic heterocycles. The number of benzene rings is 2. The number of sulfonamides is 2. The van der Waals surface area contributed by atoms with Gasteiger partial charge in [0, 0.05) is 5.69 Å². The molecule has 8 heteroatoms. The molecule has 2 aromatic rings. The van der Waals surface area contributed by atoms with E-state index in [4.69, 9.17) is 0 Å². The van der Waals surface area contributed by atoms with Crippen LogP contribution in [0.25, 0.3) is 0 Å². The van der Waals surface area contributed by atoms with E-state index in [-0.39, 0.29) is 9.79 Å². The molecule has 0 unspecified atom stereocenters. The Kier molecular flexibility index (Phi) is 4.79. The summed E-state index contributed by atoms with van der Waals surface area (Å²) in [6, 6.07) is 10.6. The Hall–Kier alpha value is -1.90. The normalized spacial score (nSPS) is 12.1. The van der Waals surface area contributed by atoms with Gasteiger partial charge in [-0.3, -0.25) is 4.72 Å². The lowest BCUT2D eigenvalue weighted by Crippen LogP contribution is -2.18. The molecule has 124 valence electrons. The van der Waals surface area contributed by atoms with E-state index in [9.17, 15) is 16.8 Å². The highest BCUT2D eigenvalue weighted by Crippen LogP contribution is 2.21. The van der Waals surface area contributed by atoms with E-state index in [1.54, 1.807) is 25.1 Å². The van der Waals surface area contributed by atoms with Gasteiger partial charge >= 0.3 is 0 Å². The van der Waals surface area contributed by atoms with Gasteiger partial charge < -0.3 is 0 Å². The highest BCUT2D eigenvalue weighted by Gasteiger charge is 2.17. The van der Waals surface area contributed by atoms with Crippen LogP contribution in [0.5, 0.6) is 0 Å². The van der Waals surface area contributed by atoms with Gasteiger partial charge in [0.2, 0.25) is 10.0 Å². The first-order chi connectivity index (χ1) is 10.7. The Morgan fingerprint density at radius 3 is 1.96 bits per heavy atom. The molecule has 0 aliphatic heterocycles. The van der Waals surface area contributed by atoms with Crippen molar-refractivity contribution in [3.63, 3.8) is 0 Å². The fourth-order valence-corrected chi connectivity index (χ4v) is 4.15. The molecule has 0 atom stereocenters. The van der Waals surface area contributed by atoms with E-state index in [0.717, 1.165) is 5.56 Å². The van der Waals surface area contributed by atoms with Gasteiger partial charge in [-0.15, -0.1) is 0 Å². The second-order valence-corrected chi connectivity index (χ2v) is 8.64. The van der Waals surface area contributed by atoms with Crippen molar-refractivity contribution >= 4 is 25.7 Å². The molecule has 2 N–H and O–H groups in total. The topological polar surface area (TPSA) is 92.3 Å². The minimum absolute atomic E-state index is 0.0643. The van der Waals surface area contributed by atoms with Gasteiger partial charge in [0.05, 0.1) is 9.79 Å². The SMILES string of the molecule is CNS(=O)(=O)c1ccc(NS(=O)(=O)c2ccc(C)cc2C)cc1. The Bertz CT molecular complexity index is 918. The molecule has 23 heavy (non-hydrogen) atoms. The van der Waals surface area contributed by atoms with Gasteiger partial charge in [-0.25, -0.2) is 21.6 Å². The molecule has 0 bridgehead atoms. The summed E-state index contributed by atoms with van der Waals surface area (Å²) >= 11 is 0. The summed E-state index contributed by atoms with van der Waals surface area (Å²) < 4.78 is 52.8. The molecule has 2 rings (SSSR count). The third-order valence-corrected chi connectivity index (χ3v) is 6.28. The zero-order valence-electron chi connectivity index (χ0n) is 13.0. The maximum absolute atomic E-state index is 12.4. The lowest BCUT2D eigenvalue weighted by Gasteiger charge is -2.11. The van der Waals surface area contributed by atoms with Crippen molar-refractivity contribution in [1.29, 1.82) is 0 Å². The molecule has 0 aliphatic rings. The number of anilines is 1. The summed E-state index contributed by atoms with van der Waals surface area (Å²) in [5.41, 5.74) is 1.91. The lowest BCUT2D eigenvalue weighted by atomic mass is 10.2. The molecule has 0 saturated carbocycles. The summed E-state index contributed by atoms with van der Waals surface area (Å²) in [5, 5.41) is 0. The van der Waals surface area contributed by atoms with Gasteiger partial charge in [-0.05, 0) is 56.8 Å². The molecule has 0 fully saturated rings. The second-order valence-electron chi connectivity index (χ2n) is 5.11. The van der Waals surface area contributed by atoms with Gasteiger partial charge in [0.25, 0.3) is 10.0 Å². The van der Waals surface area contributed by atoms with Crippen LogP contribution in [-0.4, -0.2) is 23.9 Å². The van der Waals surface area contributed by atoms with Gasteiger partial charge in [0.15, 0.2) is 0 Å². The summed E-state index contributed by atoms with van der Waals surface area (Å²) in [5.74, 6) is 0. The van der Waals surface area contributed by atoms with Crippen molar-refractivity contribution in [1.82, 2.24) is 4.72 Å². The molecular weight excluding hydrogens is 336 g/mol. The largest absolute Gasteiger partial charge is 0.280 e. The van der Waals surface area contributed by atoms with E-state index >= 15 is 0 Å². The first kappa shape index (κ1) is 17.5. The highest BCUT2D eigenvalue weighted by atomic mass is 32.2. The zero-order valence-corrected chi connectivity index (χ0v) is 14.6. The van der Waals surface area contributed by atoms with E-state index in [1.165, 1.54) is 31.3 Å². The predicted molar refractivity (Wildman–Crippen MR) is 89.4 cm³/mol. The standard InChI is InChI=1S/C15H18N2O4S2/c1-11-4-9-15(12(2)10-11)23(20,21)17-13-5-7-14(8-6-13)22(18,19)16-3/h4-10,16-17H,1-3H3. The minimum atomic E-state index is -3.73. The van der Waals surface area contributed by atoms with Gasteiger partial charge in [-0.2, -0.15) is 0 Å². The fraction of sp³-hybridized carbons (Fsp3) is 0.200. The van der Waals surface area contributed by atoms with Crippen LogP contribution in [0.4, 0.5) is 5.69 Å². The smallest absolute Gasteiger partial charge is 0.262 e. The first-order valence-electron chi connectivity index (χ1n) is 6.79. The summed E-state index contributed by atoms with van der Waals surface area (Å²) in [7, 11) is -5.97. The number of rotatable bonds is 5. The van der Waals surface area contributed by atoms with Crippen LogP contribution < -0.4 is 9.44 Å². The van der Waals surface area contributed by atoms with Crippen LogP contribution in [0, 0.1) is 13.8 Å². The van der Waals surface area contributed by atoms with E-state index in [0.29, 0.717) is 11.3 Å². The Labute approximate surface area is 136 Å². The summed E-state index contributed by atoms with van der Waals surface area (Å²) in [6.45, 7) is 3.61. The molecular formula is C15H18N2O4S2. The van der Waals surface area contributed by atoms with Crippen LogP contribution in [0.15, 0.2) is 52.3 Å². The average molecular weight is 354 g/mol. The molecule has 6 nitrogen and oxygen atoms in total. The molecule has 0 radical (unpaired) electrons. The predicted octanol–water partition coefficient (Wildman–Crippen LogP) is 2.01. The number of hydrogen-bond acceptors (Lipinski definition) is 4. The van der Waals surface area contributed by atoms with Crippen LogP contribution in [0.1, 0.15) is 11.1 Å². The van der Waals surface area contributed by atoms with Crippen LogP contribution >= 0.6 is 0 Å². The molecule has 2 aromatic carbocycles. The molecule has 0 spiro atoms. The first-order valence-corrected chi connectivity index (χ1v) is 9.76. The minimum Gasteiger partial charge on any atom is -0.280 e. The van der Waals surface area contributed by atoms with E-state index in [2.05, 4.69) is 9.44 Å². The van der Waals surface area contributed by atoms with Crippen molar-refractivity contribution < 1.29 is 16.8 Å². The maximum Gasteiger partial charge on any atom is 0.262 e. The number of aryl methyl sites for hydroxylation is 2. The van der Waals surface area contributed by atoms with Gasteiger partial charge in [-0.1, -0.05) is 17.7 Å². The third kappa shape index (κ3) is 3.90. The van der Waals surface area contributed by atoms with Crippen LogP contribution in [0.3, 0.4) is 0 Å². The molecule has 0 aliphatic carbocycles. The molecule has 0 saturated heterocycles. The monoisotopic (exact) mass is 354 g/mol. The highest BCUT2D eigenvalue weighted by molar-refractivity contribution is 7.92. The van der Waals surface area contributed by atoms with E-state index < -0.39 is 20.0 Å². The number of nitrogens with one attached hydrogen (secondary N) is 2. The van der Waals surface area contributed by atoms with Crippen LogP contribution in [-0.2, 0) is 20.0 Å². The van der Waals surface area contributed by atoms with Gasteiger partial charge in [0.1, 0.15) is 0 Å². The Balaban J connectivity index is 2.31. The summed E-state index contributed by atoms with van der Waals surface area (Å²) in [6.07, 6.45) is 0. The van der Waals surface area contributed by atoms with E-state index in [1.807, 2.05) is 6.92 Å². The second kappa shape index (κ2) is 6.31. The van der Waals surface area contributed by atoms with Crippen molar-refractivity contribution in [3.05, 3.63) is 53.6 Å². The maximum atomic E-state index is 12.4. The summed E-state index contributed by atoms with van der Waals surface area (Å²) in [4.78, 5) is 0.254. The molecule has 0 heterocycles. The van der Waals surface area contributed by atoms with Crippen molar-refractivity contribution in [2.45, 2.75) is 23.6 Å². The zero-order chi connectivity index (χ0) is 17.3. The molecule has 0 amide bonds. The van der Waals surface area contributed by atoms with Crippen molar-refractivity contribution in [2.24, 2.45) is 0 Å². The fourth-order valence-electron chi connectivity index (χ4n) is 2.13.